The average Bonchev–Trinajstić information content (AvgIpc) is 3.20. The molecule has 2 aliphatic heterocycles. The van der Waals surface area contributed by atoms with Crippen molar-refractivity contribution in [1.82, 2.24) is 9.80 Å². The Kier molecular flexibility index (Phi) is 5.80. The van der Waals surface area contributed by atoms with Crippen molar-refractivity contribution in [3.63, 3.8) is 0 Å². The average molecular weight is 402 g/mol. The van der Waals surface area contributed by atoms with Crippen molar-refractivity contribution in [3.05, 3.63) is 46.7 Å². The van der Waals surface area contributed by atoms with Gasteiger partial charge < -0.3 is 9.80 Å². The minimum atomic E-state index is 0.0901. The van der Waals surface area contributed by atoms with Crippen LogP contribution in [0.25, 0.3) is 0 Å². The Morgan fingerprint density at radius 1 is 1.04 bits per heavy atom. The summed E-state index contributed by atoms with van der Waals surface area (Å²) >= 11 is 3.35. The predicted molar refractivity (Wildman–Crippen MR) is 110 cm³/mol. The van der Waals surface area contributed by atoms with Crippen molar-refractivity contribution < 1.29 is 9.59 Å². The number of thiophene rings is 1. The molecule has 0 N–H and O–H groups in total. The molecule has 2 aliphatic rings. The number of rotatable bonds is 5. The first-order valence-corrected chi connectivity index (χ1v) is 11.1. The zero-order valence-corrected chi connectivity index (χ0v) is 16.8. The lowest BCUT2D eigenvalue weighted by atomic mass is 10.2. The van der Waals surface area contributed by atoms with Gasteiger partial charge >= 0.3 is 0 Å². The Morgan fingerprint density at radius 2 is 1.85 bits per heavy atom. The Labute approximate surface area is 167 Å². The lowest BCUT2D eigenvalue weighted by molar-refractivity contribution is -0.132. The van der Waals surface area contributed by atoms with Gasteiger partial charge in [-0.3, -0.25) is 14.5 Å². The van der Waals surface area contributed by atoms with Crippen LogP contribution in [0.5, 0.6) is 0 Å². The van der Waals surface area contributed by atoms with Gasteiger partial charge in [-0.25, -0.2) is 0 Å². The first-order valence-electron chi connectivity index (χ1n) is 9.25. The molecular formula is C20H23N3O2S2. The summed E-state index contributed by atoms with van der Waals surface area (Å²) in [6, 6.07) is 12.2. The van der Waals surface area contributed by atoms with Crippen molar-refractivity contribution in [2.24, 2.45) is 0 Å². The Bertz CT molecular complexity index is 801. The molecule has 7 heteroatoms. The molecule has 1 aromatic carbocycles. The summed E-state index contributed by atoms with van der Waals surface area (Å²) in [5.74, 6) is 0.689. The van der Waals surface area contributed by atoms with Gasteiger partial charge in [-0.15, -0.1) is 23.1 Å². The molecular weight excluding hydrogens is 378 g/mol. The van der Waals surface area contributed by atoms with Crippen LogP contribution in [0.2, 0.25) is 0 Å². The van der Waals surface area contributed by atoms with Gasteiger partial charge in [0.05, 0.1) is 11.4 Å². The van der Waals surface area contributed by atoms with E-state index < -0.39 is 0 Å². The lowest BCUT2D eigenvalue weighted by Gasteiger charge is -2.35. The number of para-hydroxylation sites is 1. The number of hydrogen-bond acceptors (Lipinski definition) is 5. The van der Waals surface area contributed by atoms with E-state index in [1.165, 1.54) is 4.88 Å². The predicted octanol–water partition coefficient (Wildman–Crippen LogP) is 2.92. The highest BCUT2D eigenvalue weighted by atomic mass is 32.2. The summed E-state index contributed by atoms with van der Waals surface area (Å²) in [7, 11) is 0. The van der Waals surface area contributed by atoms with Crippen LogP contribution in [0.3, 0.4) is 0 Å². The smallest absolute Gasteiger partial charge is 0.237 e. The second-order valence-electron chi connectivity index (χ2n) is 6.79. The number of amides is 2. The van der Waals surface area contributed by atoms with Gasteiger partial charge in [-0.2, -0.15) is 0 Å². The van der Waals surface area contributed by atoms with Crippen molar-refractivity contribution >= 4 is 40.6 Å². The molecule has 142 valence electrons. The zero-order chi connectivity index (χ0) is 18.6. The maximum Gasteiger partial charge on any atom is 0.237 e. The van der Waals surface area contributed by atoms with Crippen LogP contribution >= 0.6 is 23.1 Å². The van der Waals surface area contributed by atoms with Crippen LogP contribution in [-0.2, 0) is 16.1 Å². The fraction of sp³-hybridized carbons (Fsp3) is 0.400. The van der Waals surface area contributed by atoms with Gasteiger partial charge in [0.25, 0.3) is 0 Å². The number of piperazine rings is 1. The molecule has 0 aliphatic carbocycles. The molecule has 0 radical (unpaired) electrons. The summed E-state index contributed by atoms with van der Waals surface area (Å²) in [4.78, 5) is 33.6. The first kappa shape index (κ1) is 18.5. The van der Waals surface area contributed by atoms with Crippen LogP contribution < -0.4 is 4.90 Å². The maximum absolute atomic E-state index is 12.6. The van der Waals surface area contributed by atoms with Gasteiger partial charge in [0.15, 0.2) is 0 Å². The molecule has 27 heavy (non-hydrogen) atoms. The van der Waals surface area contributed by atoms with E-state index in [4.69, 9.17) is 0 Å². The molecule has 0 saturated carbocycles. The summed E-state index contributed by atoms with van der Waals surface area (Å²) in [6.45, 7) is 4.79. The largest absolute Gasteiger partial charge is 0.340 e. The Balaban J connectivity index is 1.28. The Hall–Kier alpha value is -1.83. The topological polar surface area (TPSA) is 43.9 Å². The number of carbonyl (C=O) groups is 2. The standard InChI is InChI=1S/C20H23N3O2S2/c24-19(22-11-9-21(10-12-22)14-16-4-3-13-26-16)7-8-23-17-5-1-2-6-18(17)27-15-20(23)25/h1-6,13H,7-12,14-15H2. The van der Waals surface area contributed by atoms with E-state index in [-0.39, 0.29) is 11.8 Å². The second-order valence-corrected chi connectivity index (χ2v) is 8.84. The van der Waals surface area contributed by atoms with E-state index >= 15 is 0 Å². The van der Waals surface area contributed by atoms with E-state index in [1.54, 1.807) is 28.0 Å². The third-order valence-electron chi connectivity index (χ3n) is 5.04. The molecule has 2 aromatic rings. The van der Waals surface area contributed by atoms with E-state index in [2.05, 4.69) is 22.4 Å². The molecule has 0 unspecified atom stereocenters. The highest BCUT2D eigenvalue weighted by molar-refractivity contribution is 8.00. The third-order valence-corrected chi connectivity index (χ3v) is 6.95. The molecule has 0 spiro atoms. The minimum absolute atomic E-state index is 0.0901. The molecule has 0 atom stereocenters. The second kappa shape index (κ2) is 8.46. The summed E-state index contributed by atoms with van der Waals surface area (Å²) in [5.41, 5.74) is 0.937. The van der Waals surface area contributed by atoms with Crippen LogP contribution in [0.4, 0.5) is 5.69 Å². The van der Waals surface area contributed by atoms with Crippen LogP contribution in [0.15, 0.2) is 46.7 Å². The normalized spacial score (nSPS) is 17.9. The molecule has 4 rings (SSSR count). The van der Waals surface area contributed by atoms with E-state index in [1.807, 2.05) is 29.2 Å². The molecule has 1 fully saturated rings. The van der Waals surface area contributed by atoms with Gasteiger partial charge in [-0.05, 0) is 23.6 Å². The highest BCUT2D eigenvalue weighted by Gasteiger charge is 2.26. The third kappa shape index (κ3) is 4.36. The van der Waals surface area contributed by atoms with Crippen molar-refractivity contribution in [2.45, 2.75) is 17.9 Å². The minimum Gasteiger partial charge on any atom is -0.340 e. The van der Waals surface area contributed by atoms with E-state index in [0.29, 0.717) is 18.7 Å². The van der Waals surface area contributed by atoms with Gasteiger partial charge in [0.1, 0.15) is 0 Å². The summed E-state index contributed by atoms with van der Waals surface area (Å²) in [5, 5.41) is 2.10. The van der Waals surface area contributed by atoms with Gasteiger partial charge in [0.2, 0.25) is 11.8 Å². The van der Waals surface area contributed by atoms with Crippen LogP contribution in [0, 0.1) is 0 Å². The number of hydrogen-bond donors (Lipinski definition) is 0. The number of fused-ring (bicyclic) bond motifs is 1. The monoisotopic (exact) mass is 401 g/mol. The fourth-order valence-electron chi connectivity index (χ4n) is 3.54. The SMILES string of the molecule is O=C(CCN1C(=O)CSc2ccccc21)N1CCN(Cc2cccs2)CC1. The lowest BCUT2D eigenvalue weighted by Crippen LogP contribution is -2.49. The molecule has 5 nitrogen and oxygen atoms in total. The zero-order valence-electron chi connectivity index (χ0n) is 15.2. The number of anilines is 1. The van der Waals surface area contributed by atoms with Crippen molar-refractivity contribution in [1.29, 1.82) is 0 Å². The van der Waals surface area contributed by atoms with Crippen LogP contribution in [0.1, 0.15) is 11.3 Å². The van der Waals surface area contributed by atoms with Crippen molar-refractivity contribution in [3.8, 4) is 0 Å². The van der Waals surface area contributed by atoms with Gasteiger partial charge in [-0.1, -0.05) is 18.2 Å². The molecule has 2 amide bonds. The molecule has 1 saturated heterocycles. The van der Waals surface area contributed by atoms with E-state index in [9.17, 15) is 9.59 Å². The fourth-order valence-corrected chi connectivity index (χ4v) is 5.22. The number of thioether (sulfide) groups is 1. The molecule has 0 bridgehead atoms. The van der Waals surface area contributed by atoms with E-state index in [0.717, 1.165) is 43.3 Å². The Morgan fingerprint density at radius 3 is 2.63 bits per heavy atom. The summed E-state index contributed by atoms with van der Waals surface area (Å²) in [6.07, 6.45) is 0.385. The highest BCUT2D eigenvalue weighted by Crippen LogP contribution is 2.34. The van der Waals surface area contributed by atoms with Crippen LogP contribution in [-0.4, -0.2) is 60.1 Å². The summed E-state index contributed by atoms with van der Waals surface area (Å²) < 4.78 is 0. The first-order chi connectivity index (χ1) is 13.2. The number of benzene rings is 1. The molecule has 3 heterocycles. The number of nitrogens with zero attached hydrogens (tertiary/aromatic N) is 3. The van der Waals surface area contributed by atoms with Crippen molar-refractivity contribution in [2.75, 3.05) is 43.4 Å². The number of carbonyl (C=O) groups excluding carboxylic acids is 2. The van der Waals surface area contributed by atoms with Gasteiger partial charge in [0, 0.05) is 55.5 Å². The maximum atomic E-state index is 12.6. The quantitative estimate of drug-likeness (QED) is 0.773. The molecule has 1 aromatic heterocycles.